The number of fused-ring (bicyclic) bond motifs is 1. The van der Waals surface area contributed by atoms with Gasteiger partial charge in [0, 0.05) is 17.8 Å². The highest BCUT2D eigenvalue weighted by molar-refractivity contribution is 6.10. The van der Waals surface area contributed by atoms with Crippen LogP contribution in [0.15, 0.2) is 18.2 Å². The molecule has 4 heteroatoms. The molecule has 1 aliphatic heterocycles. The molecular formula is C14H18N2O2. The summed E-state index contributed by atoms with van der Waals surface area (Å²) in [5, 5.41) is 0. The van der Waals surface area contributed by atoms with Crippen molar-refractivity contribution in [3.05, 3.63) is 29.3 Å². The minimum atomic E-state index is -0.214. The molecule has 0 saturated heterocycles. The second kappa shape index (κ2) is 4.80. The highest BCUT2D eigenvalue weighted by Crippen LogP contribution is 2.22. The summed E-state index contributed by atoms with van der Waals surface area (Å²) < 4.78 is 0. The van der Waals surface area contributed by atoms with Gasteiger partial charge in [0.25, 0.3) is 5.91 Å². The largest absolute Gasteiger partial charge is 0.399 e. The molecule has 0 fully saturated rings. The van der Waals surface area contributed by atoms with Crippen molar-refractivity contribution in [1.82, 2.24) is 4.90 Å². The van der Waals surface area contributed by atoms with Crippen LogP contribution in [-0.4, -0.2) is 23.3 Å². The van der Waals surface area contributed by atoms with Gasteiger partial charge in [-0.2, -0.15) is 0 Å². The van der Waals surface area contributed by atoms with Crippen molar-refractivity contribution in [3.63, 3.8) is 0 Å². The van der Waals surface area contributed by atoms with E-state index in [-0.39, 0.29) is 11.8 Å². The highest BCUT2D eigenvalue weighted by atomic mass is 16.2. The third kappa shape index (κ3) is 2.37. The van der Waals surface area contributed by atoms with Gasteiger partial charge in [-0.3, -0.25) is 14.5 Å². The van der Waals surface area contributed by atoms with E-state index < -0.39 is 0 Å². The van der Waals surface area contributed by atoms with E-state index in [0.29, 0.717) is 30.1 Å². The monoisotopic (exact) mass is 246 g/mol. The average Bonchev–Trinajstić information content (AvgIpc) is 2.30. The standard InChI is InChI=1S/C14H18N2O2/c1-9(2)5-6-16-13(17)7-10-3-4-11(15)8-12(10)14(16)18/h3-4,8-9H,5-7,15H2,1-2H3. The summed E-state index contributed by atoms with van der Waals surface area (Å²) in [5.74, 6) is 0.139. The Hall–Kier alpha value is -1.84. The number of carbonyl (C=O) groups excluding carboxylic acids is 2. The zero-order valence-electron chi connectivity index (χ0n) is 10.8. The maximum atomic E-state index is 12.2. The van der Waals surface area contributed by atoms with Crippen LogP contribution in [0.3, 0.4) is 0 Å². The van der Waals surface area contributed by atoms with E-state index in [2.05, 4.69) is 13.8 Å². The summed E-state index contributed by atoms with van der Waals surface area (Å²) in [6, 6.07) is 5.15. The molecular weight excluding hydrogens is 228 g/mol. The molecule has 1 aliphatic rings. The first-order valence-corrected chi connectivity index (χ1v) is 6.22. The Kier molecular flexibility index (Phi) is 3.36. The van der Waals surface area contributed by atoms with E-state index >= 15 is 0 Å². The SMILES string of the molecule is CC(C)CCN1C(=O)Cc2ccc(N)cc2C1=O. The maximum absolute atomic E-state index is 12.2. The molecule has 0 spiro atoms. The molecule has 0 radical (unpaired) electrons. The summed E-state index contributed by atoms with van der Waals surface area (Å²) in [4.78, 5) is 25.5. The molecule has 96 valence electrons. The zero-order valence-corrected chi connectivity index (χ0v) is 10.8. The molecule has 2 amide bonds. The van der Waals surface area contributed by atoms with Gasteiger partial charge in [0.2, 0.25) is 5.91 Å². The summed E-state index contributed by atoms with van der Waals surface area (Å²) in [6.07, 6.45) is 1.12. The van der Waals surface area contributed by atoms with E-state index in [1.54, 1.807) is 18.2 Å². The molecule has 0 unspecified atom stereocenters. The number of hydrogen-bond donors (Lipinski definition) is 1. The van der Waals surface area contributed by atoms with Gasteiger partial charge in [-0.05, 0) is 30.0 Å². The number of nitrogen functional groups attached to an aromatic ring is 1. The molecule has 0 aromatic heterocycles. The summed E-state index contributed by atoms with van der Waals surface area (Å²) >= 11 is 0. The van der Waals surface area contributed by atoms with Crippen molar-refractivity contribution in [2.75, 3.05) is 12.3 Å². The van der Waals surface area contributed by atoms with Crippen molar-refractivity contribution in [2.45, 2.75) is 26.7 Å². The third-order valence-corrected chi connectivity index (χ3v) is 3.18. The molecule has 0 bridgehead atoms. The third-order valence-electron chi connectivity index (χ3n) is 3.18. The second-order valence-electron chi connectivity index (χ2n) is 5.13. The molecule has 2 N–H and O–H groups in total. The van der Waals surface area contributed by atoms with E-state index in [1.807, 2.05) is 0 Å². The van der Waals surface area contributed by atoms with Crippen LogP contribution in [0.25, 0.3) is 0 Å². The Balaban J connectivity index is 2.26. The van der Waals surface area contributed by atoms with Crippen molar-refractivity contribution >= 4 is 17.5 Å². The Labute approximate surface area is 107 Å². The number of amides is 2. The lowest BCUT2D eigenvalue weighted by Crippen LogP contribution is -2.43. The van der Waals surface area contributed by atoms with Gasteiger partial charge in [-0.1, -0.05) is 19.9 Å². The molecule has 2 rings (SSSR count). The number of nitrogens with zero attached hydrogens (tertiary/aromatic N) is 1. The lowest BCUT2D eigenvalue weighted by molar-refractivity contribution is -0.128. The lowest BCUT2D eigenvalue weighted by atomic mass is 9.97. The van der Waals surface area contributed by atoms with Crippen molar-refractivity contribution < 1.29 is 9.59 Å². The number of carbonyl (C=O) groups is 2. The fourth-order valence-electron chi connectivity index (χ4n) is 2.08. The van der Waals surface area contributed by atoms with Crippen molar-refractivity contribution in [2.24, 2.45) is 5.92 Å². The molecule has 0 aliphatic carbocycles. The first-order chi connectivity index (χ1) is 8.49. The van der Waals surface area contributed by atoms with Crippen LogP contribution >= 0.6 is 0 Å². The molecule has 0 atom stereocenters. The molecule has 4 nitrogen and oxygen atoms in total. The first kappa shape index (κ1) is 12.6. The highest BCUT2D eigenvalue weighted by Gasteiger charge is 2.30. The number of benzene rings is 1. The van der Waals surface area contributed by atoms with Crippen LogP contribution < -0.4 is 5.73 Å². The average molecular weight is 246 g/mol. The summed E-state index contributed by atoms with van der Waals surface area (Å²) in [6.45, 7) is 4.64. The van der Waals surface area contributed by atoms with Crippen LogP contribution in [0.5, 0.6) is 0 Å². The molecule has 18 heavy (non-hydrogen) atoms. The van der Waals surface area contributed by atoms with Crippen LogP contribution in [0.2, 0.25) is 0 Å². The summed E-state index contributed by atoms with van der Waals surface area (Å²) in [7, 11) is 0. The number of nitrogens with two attached hydrogens (primary N) is 1. The second-order valence-corrected chi connectivity index (χ2v) is 5.13. The smallest absolute Gasteiger partial charge is 0.260 e. The Morgan fingerprint density at radius 3 is 2.72 bits per heavy atom. The maximum Gasteiger partial charge on any atom is 0.260 e. The van der Waals surface area contributed by atoms with Gasteiger partial charge in [0.15, 0.2) is 0 Å². The quantitative estimate of drug-likeness (QED) is 0.654. The molecule has 1 heterocycles. The number of rotatable bonds is 3. The van der Waals surface area contributed by atoms with Gasteiger partial charge in [0.05, 0.1) is 6.42 Å². The Morgan fingerprint density at radius 2 is 2.06 bits per heavy atom. The minimum absolute atomic E-state index is 0.113. The van der Waals surface area contributed by atoms with E-state index in [1.165, 1.54) is 4.90 Å². The first-order valence-electron chi connectivity index (χ1n) is 6.22. The van der Waals surface area contributed by atoms with E-state index in [9.17, 15) is 9.59 Å². The van der Waals surface area contributed by atoms with Gasteiger partial charge in [-0.25, -0.2) is 0 Å². The van der Waals surface area contributed by atoms with E-state index in [0.717, 1.165) is 12.0 Å². The molecule has 0 saturated carbocycles. The van der Waals surface area contributed by atoms with Crippen LogP contribution in [0, 0.1) is 5.92 Å². The zero-order chi connectivity index (χ0) is 13.3. The number of imide groups is 1. The molecule has 1 aromatic carbocycles. The van der Waals surface area contributed by atoms with Gasteiger partial charge in [-0.15, -0.1) is 0 Å². The van der Waals surface area contributed by atoms with E-state index in [4.69, 9.17) is 5.73 Å². The van der Waals surface area contributed by atoms with Gasteiger partial charge < -0.3 is 5.73 Å². The van der Waals surface area contributed by atoms with Crippen molar-refractivity contribution in [1.29, 1.82) is 0 Å². The van der Waals surface area contributed by atoms with Crippen molar-refractivity contribution in [3.8, 4) is 0 Å². The lowest BCUT2D eigenvalue weighted by Gasteiger charge is -2.27. The minimum Gasteiger partial charge on any atom is -0.399 e. The number of hydrogen-bond acceptors (Lipinski definition) is 3. The Bertz CT molecular complexity index is 495. The van der Waals surface area contributed by atoms with Crippen LogP contribution in [0.1, 0.15) is 36.2 Å². The van der Waals surface area contributed by atoms with Crippen LogP contribution in [-0.2, 0) is 11.2 Å². The number of anilines is 1. The fraction of sp³-hybridized carbons (Fsp3) is 0.429. The Morgan fingerprint density at radius 1 is 1.33 bits per heavy atom. The van der Waals surface area contributed by atoms with Crippen LogP contribution in [0.4, 0.5) is 5.69 Å². The molecule has 1 aromatic rings. The van der Waals surface area contributed by atoms with Gasteiger partial charge in [0.1, 0.15) is 0 Å². The summed E-state index contributed by atoms with van der Waals surface area (Å²) in [5.41, 5.74) is 7.59. The van der Waals surface area contributed by atoms with Gasteiger partial charge >= 0.3 is 0 Å². The fourth-order valence-corrected chi connectivity index (χ4v) is 2.08. The topological polar surface area (TPSA) is 63.4 Å². The predicted octanol–water partition coefficient (Wildman–Crippen LogP) is 1.84. The normalized spacial score (nSPS) is 15.2. The predicted molar refractivity (Wildman–Crippen MR) is 70.1 cm³/mol.